The molecule has 0 amide bonds. The Labute approximate surface area is 105 Å². The number of methoxy groups -OCH3 is 1. The van der Waals surface area contributed by atoms with Crippen molar-refractivity contribution in [3.8, 4) is 11.8 Å². The average Bonchev–Trinajstić information content (AvgIpc) is 3.18. The van der Waals surface area contributed by atoms with E-state index in [4.69, 9.17) is 19.5 Å². The second kappa shape index (κ2) is 5.07. The van der Waals surface area contributed by atoms with Crippen LogP contribution in [0.25, 0.3) is 0 Å². The molecule has 2 atom stereocenters. The smallest absolute Gasteiger partial charge is 0.338 e. The van der Waals surface area contributed by atoms with Crippen LogP contribution in [-0.2, 0) is 14.3 Å². The van der Waals surface area contributed by atoms with Crippen molar-refractivity contribution < 1.29 is 19.0 Å². The summed E-state index contributed by atoms with van der Waals surface area (Å²) in [5.41, 5.74) is 1.26. The normalized spacial score (nSPS) is 20.9. The number of ether oxygens (including phenoxy) is 3. The van der Waals surface area contributed by atoms with Gasteiger partial charge in [0.2, 0.25) is 0 Å². The maximum atomic E-state index is 11.4. The molecule has 2 unspecified atom stereocenters. The molecule has 94 valence electrons. The van der Waals surface area contributed by atoms with Crippen LogP contribution in [0.1, 0.15) is 24.2 Å². The van der Waals surface area contributed by atoms with Crippen LogP contribution < -0.4 is 4.74 Å². The van der Waals surface area contributed by atoms with Gasteiger partial charge in [-0.3, -0.25) is 0 Å². The summed E-state index contributed by atoms with van der Waals surface area (Å²) >= 11 is 0. The second-order valence-electron chi connectivity index (χ2n) is 3.80. The fourth-order valence-corrected chi connectivity index (χ4v) is 1.75. The molecule has 5 nitrogen and oxygen atoms in total. The molecule has 1 fully saturated rings. The Bertz CT molecular complexity index is 506. The van der Waals surface area contributed by atoms with Gasteiger partial charge in [0, 0.05) is 0 Å². The standard InChI is InChI=1S/C13H13NO4/c1-3-17-13(15)12-11(18-12)8-4-5-9(7-14)10(6-8)16-2/h4-6,11-12H,3H2,1-2H3. The van der Waals surface area contributed by atoms with E-state index in [-0.39, 0.29) is 12.1 Å². The highest BCUT2D eigenvalue weighted by Crippen LogP contribution is 2.41. The number of epoxide rings is 1. The summed E-state index contributed by atoms with van der Waals surface area (Å²) in [6.07, 6.45) is -0.840. The second-order valence-corrected chi connectivity index (χ2v) is 3.80. The highest BCUT2D eigenvalue weighted by atomic mass is 16.6. The van der Waals surface area contributed by atoms with Crippen molar-refractivity contribution in [3.63, 3.8) is 0 Å². The van der Waals surface area contributed by atoms with Gasteiger partial charge in [-0.05, 0) is 24.6 Å². The first-order valence-corrected chi connectivity index (χ1v) is 5.61. The van der Waals surface area contributed by atoms with Gasteiger partial charge < -0.3 is 14.2 Å². The summed E-state index contributed by atoms with van der Waals surface area (Å²) in [5.74, 6) is 0.124. The molecule has 1 aliphatic rings. The highest BCUT2D eigenvalue weighted by Gasteiger charge is 2.47. The van der Waals surface area contributed by atoms with E-state index in [2.05, 4.69) is 0 Å². The molecule has 0 spiro atoms. The maximum Gasteiger partial charge on any atom is 0.338 e. The van der Waals surface area contributed by atoms with Gasteiger partial charge in [0.15, 0.2) is 6.10 Å². The minimum Gasteiger partial charge on any atom is -0.495 e. The Morgan fingerprint density at radius 2 is 2.33 bits per heavy atom. The summed E-state index contributed by atoms with van der Waals surface area (Å²) in [5, 5.41) is 8.87. The molecule has 2 rings (SSSR count). The number of carbonyl (C=O) groups excluding carboxylic acids is 1. The summed E-state index contributed by atoms with van der Waals surface area (Å²) in [6.45, 7) is 2.09. The molecule has 0 bridgehead atoms. The van der Waals surface area contributed by atoms with Crippen LogP contribution in [0.15, 0.2) is 18.2 Å². The Morgan fingerprint density at radius 1 is 1.56 bits per heavy atom. The first-order chi connectivity index (χ1) is 8.71. The van der Waals surface area contributed by atoms with Crippen LogP contribution in [0.3, 0.4) is 0 Å². The fraction of sp³-hybridized carbons (Fsp3) is 0.385. The van der Waals surface area contributed by atoms with E-state index < -0.39 is 6.10 Å². The first kappa shape index (κ1) is 12.4. The van der Waals surface area contributed by atoms with Gasteiger partial charge in [-0.1, -0.05) is 6.07 Å². The van der Waals surface area contributed by atoms with Gasteiger partial charge in [0.05, 0.1) is 19.3 Å². The fourth-order valence-electron chi connectivity index (χ4n) is 1.75. The molecule has 1 saturated heterocycles. The molecule has 18 heavy (non-hydrogen) atoms. The van der Waals surface area contributed by atoms with E-state index in [1.54, 1.807) is 25.1 Å². The maximum absolute atomic E-state index is 11.4. The van der Waals surface area contributed by atoms with Gasteiger partial charge in [-0.25, -0.2) is 4.79 Å². The van der Waals surface area contributed by atoms with Crippen LogP contribution >= 0.6 is 0 Å². The van der Waals surface area contributed by atoms with Crippen LogP contribution in [0, 0.1) is 11.3 Å². The number of hydrogen-bond acceptors (Lipinski definition) is 5. The highest BCUT2D eigenvalue weighted by molar-refractivity contribution is 5.78. The van der Waals surface area contributed by atoms with Crippen molar-refractivity contribution in [1.82, 2.24) is 0 Å². The van der Waals surface area contributed by atoms with Gasteiger partial charge in [0.1, 0.15) is 17.9 Å². The lowest BCUT2D eigenvalue weighted by Gasteiger charge is -2.04. The van der Waals surface area contributed by atoms with Crippen LogP contribution in [0.5, 0.6) is 5.75 Å². The molecule has 0 radical (unpaired) electrons. The van der Waals surface area contributed by atoms with E-state index in [9.17, 15) is 4.79 Å². The number of rotatable bonds is 4. The third-order valence-electron chi connectivity index (χ3n) is 2.69. The molecule has 1 heterocycles. The van der Waals surface area contributed by atoms with Gasteiger partial charge in [0.25, 0.3) is 0 Å². The van der Waals surface area contributed by atoms with Gasteiger partial charge in [-0.2, -0.15) is 5.26 Å². The Hall–Kier alpha value is -2.06. The van der Waals surface area contributed by atoms with E-state index in [1.807, 2.05) is 6.07 Å². The van der Waals surface area contributed by atoms with Crippen LogP contribution in [0.2, 0.25) is 0 Å². The topological polar surface area (TPSA) is 71.8 Å². The summed E-state index contributed by atoms with van der Waals surface area (Å²) in [6, 6.07) is 7.15. The summed E-state index contributed by atoms with van der Waals surface area (Å²) in [4.78, 5) is 11.4. The largest absolute Gasteiger partial charge is 0.495 e. The molecular weight excluding hydrogens is 234 g/mol. The predicted octanol–water partition coefficient (Wildman–Crippen LogP) is 1.57. The molecule has 5 heteroatoms. The van der Waals surface area contributed by atoms with Crippen molar-refractivity contribution in [3.05, 3.63) is 29.3 Å². The minimum absolute atomic E-state index is 0.300. The lowest BCUT2D eigenvalue weighted by atomic mass is 10.1. The first-order valence-electron chi connectivity index (χ1n) is 5.61. The lowest BCUT2D eigenvalue weighted by Crippen LogP contribution is -2.11. The molecule has 1 aromatic carbocycles. The van der Waals surface area contributed by atoms with Crippen LogP contribution in [-0.4, -0.2) is 25.8 Å². The van der Waals surface area contributed by atoms with E-state index >= 15 is 0 Å². The quantitative estimate of drug-likeness (QED) is 0.596. The third-order valence-corrected chi connectivity index (χ3v) is 2.69. The predicted molar refractivity (Wildman–Crippen MR) is 62.0 cm³/mol. The van der Waals surface area contributed by atoms with Crippen molar-refractivity contribution in [1.29, 1.82) is 5.26 Å². The van der Waals surface area contributed by atoms with Crippen molar-refractivity contribution in [2.45, 2.75) is 19.1 Å². The van der Waals surface area contributed by atoms with E-state index in [1.165, 1.54) is 7.11 Å². The molecule has 0 saturated carbocycles. The van der Waals surface area contributed by atoms with E-state index in [0.29, 0.717) is 17.9 Å². The van der Waals surface area contributed by atoms with Crippen LogP contribution in [0.4, 0.5) is 0 Å². The SMILES string of the molecule is CCOC(=O)C1OC1c1ccc(C#N)c(OC)c1. The number of nitrogens with zero attached hydrogens (tertiary/aromatic N) is 1. The number of hydrogen-bond donors (Lipinski definition) is 0. The summed E-state index contributed by atoms with van der Waals surface area (Å²) < 4.78 is 15.3. The Kier molecular flexibility index (Phi) is 3.49. The Balaban J connectivity index is 2.13. The van der Waals surface area contributed by atoms with Crippen molar-refractivity contribution >= 4 is 5.97 Å². The zero-order valence-electron chi connectivity index (χ0n) is 10.2. The molecule has 1 aliphatic heterocycles. The minimum atomic E-state index is -0.539. The van der Waals surface area contributed by atoms with E-state index in [0.717, 1.165) is 5.56 Å². The van der Waals surface area contributed by atoms with Crippen molar-refractivity contribution in [2.24, 2.45) is 0 Å². The van der Waals surface area contributed by atoms with Gasteiger partial charge >= 0.3 is 5.97 Å². The molecule has 0 aromatic heterocycles. The number of esters is 1. The molecule has 0 N–H and O–H groups in total. The van der Waals surface area contributed by atoms with Crippen molar-refractivity contribution in [2.75, 3.05) is 13.7 Å². The molecule has 0 aliphatic carbocycles. The average molecular weight is 247 g/mol. The Morgan fingerprint density at radius 3 is 2.94 bits per heavy atom. The lowest BCUT2D eigenvalue weighted by molar-refractivity contribution is -0.144. The molecular formula is C13H13NO4. The molecule has 1 aromatic rings. The number of nitriles is 1. The summed E-state index contributed by atoms with van der Waals surface area (Å²) in [7, 11) is 1.50. The zero-order valence-corrected chi connectivity index (χ0v) is 10.2. The third kappa shape index (κ3) is 2.29. The number of benzene rings is 1. The zero-order chi connectivity index (χ0) is 13.1. The monoisotopic (exact) mass is 247 g/mol. The van der Waals surface area contributed by atoms with Gasteiger partial charge in [-0.15, -0.1) is 0 Å². The number of carbonyl (C=O) groups is 1.